The molecule has 1 aromatic heterocycles. The molecular formula is C13H22N4O2. The lowest BCUT2D eigenvalue weighted by Crippen LogP contribution is -2.39. The Hall–Kier alpha value is -1.40. The van der Waals surface area contributed by atoms with Crippen molar-refractivity contribution >= 4 is 11.6 Å². The molecule has 1 amide bonds. The van der Waals surface area contributed by atoms with E-state index in [0.717, 1.165) is 26.0 Å². The highest BCUT2D eigenvalue weighted by atomic mass is 16.5. The molecule has 2 rings (SSSR count). The summed E-state index contributed by atoms with van der Waals surface area (Å²) >= 11 is 0. The second-order valence-corrected chi connectivity index (χ2v) is 5.35. The zero-order valence-electron chi connectivity index (χ0n) is 11.5. The van der Waals surface area contributed by atoms with Crippen LogP contribution in [0.2, 0.25) is 0 Å². The van der Waals surface area contributed by atoms with Crippen LogP contribution in [0.3, 0.4) is 0 Å². The Morgan fingerprint density at radius 1 is 1.68 bits per heavy atom. The summed E-state index contributed by atoms with van der Waals surface area (Å²) in [7, 11) is 0. The number of rotatable bonds is 5. The van der Waals surface area contributed by atoms with Crippen LogP contribution in [-0.4, -0.2) is 34.4 Å². The first kappa shape index (κ1) is 14.0. The van der Waals surface area contributed by atoms with Gasteiger partial charge >= 0.3 is 0 Å². The SMILES string of the molecule is CC(C)[C@H](N)C(=O)Nc1cnn(CC2CCCO2)c1. The third-order valence-electron chi connectivity index (χ3n) is 3.34. The molecule has 0 aliphatic carbocycles. The smallest absolute Gasteiger partial charge is 0.241 e. The maximum Gasteiger partial charge on any atom is 0.241 e. The van der Waals surface area contributed by atoms with Crippen LogP contribution in [0, 0.1) is 5.92 Å². The van der Waals surface area contributed by atoms with E-state index in [9.17, 15) is 4.79 Å². The fourth-order valence-corrected chi connectivity index (χ4v) is 2.05. The number of nitrogens with one attached hydrogen (secondary N) is 1. The molecule has 6 heteroatoms. The van der Waals surface area contributed by atoms with E-state index < -0.39 is 6.04 Å². The van der Waals surface area contributed by atoms with Crippen molar-refractivity contribution in [1.82, 2.24) is 9.78 Å². The van der Waals surface area contributed by atoms with Gasteiger partial charge in [0.05, 0.1) is 30.6 Å². The van der Waals surface area contributed by atoms with Crippen molar-refractivity contribution in [2.75, 3.05) is 11.9 Å². The van der Waals surface area contributed by atoms with Gasteiger partial charge in [-0.15, -0.1) is 0 Å². The van der Waals surface area contributed by atoms with Crippen molar-refractivity contribution in [3.8, 4) is 0 Å². The Balaban J connectivity index is 1.88. The zero-order chi connectivity index (χ0) is 13.8. The lowest BCUT2D eigenvalue weighted by molar-refractivity contribution is -0.118. The van der Waals surface area contributed by atoms with Gasteiger partial charge in [-0.25, -0.2) is 0 Å². The Kier molecular flexibility index (Phi) is 4.55. The predicted molar refractivity (Wildman–Crippen MR) is 72.6 cm³/mol. The Morgan fingerprint density at radius 3 is 3.11 bits per heavy atom. The van der Waals surface area contributed by atoms with Gasteiger partial charge < -0.3 is 15.8 Å². The molecule has 1 aliphatic rings. The summed E-state index contributed by atoms with van der Waals surface area (Å²) < 4.78 is 7.35. The van der Waals surface area contributed by atoms with Crippen LogP contribution < -0.4 is 11.1 Å². The first-order valence-electron chi connectivity index (χ1n) is 6.77. The van der Waals surface area contributed by atoms with Gasteiger partial charge in [-0.1, -0.05) is 13.8 Å². The van der Waals surface area contributed by atoms with E-state index in [1.54, 1.807) is 10.9 Å². The first-order valence-corrected chi connectivity index (χ1v) is 6.77. The van der Waals surface area contributed by atoms with Gasteiger partial charge in [0.25, 0.3) is 0 Å². The van der Waals surface area contributed by atoms with Gasteiger partial charge in [0.2, 0.25) is 5.91 Å². The molecule has 106 valence electrons. The van der Waals surface area contributed by atoms with Gasteiger partial charge in [0.1, 0.15) is 0 Å². The molecule has 0 radical (unpaired) electrons. The molecule has 1 aromatic rings. The Labute approximate surface area is 113 Å². The van der Waals surface area contributed by atoms with Crippen LogP contribution in [0.4, 0.5) is 5.69 Å². The summed E-state index contributed by atoms with van der Waals surface area (Å²) in [5.74, 6) is -0.0615. The summed E-state index contributed by atoms with van der Waals surface area (Å²) in [6.45, 7) is 5.40. The number of nitrogens with two attached hydrogens (primary N) is 1. The number of aromatic nitrogens is 2. The number of anilines is 1. The van der Waals surface area contributed by atoms with Crippen LogP contribution in [0.15, 0.2) is 12.4 Å². The van der Waals surface area contributed by atoms with Gasteiger partial charge in [-0.05, 0) is 18.8 Å². The second kappa shape index (κ2) is 6.16. The first-order chi connectivity index (χ1) is 9.06. The molecule has 1 aliphatic heterocycles. The summed E-state index contributed by atoms with van der Waals surface area (Å²) in [4.78, 5) is 11.8. The van der Waals surface area contributed by atoms with Gasteiger partial charge in [-0.3, -0.25) is 9.48 Å². The topological polar surface area (TPSA) is 82.2 Å². The highest BCUT2D eigenvalue weighted by molar-refractivity contribution is 5.94. The van der Waals surface area contributed by atoms with E-state index >= 15 is 0 Å². The third-order valence-corrected chi connectivity index (χ3v) is 3.34. The van der Waals surface area contributed by atoms with E-state index in [4.69, 9.17) is 10.5 Å². The van der Waals surface area contributed by atoms with E-state index in [2.05, 4.69) is 10.4 Å². The number of nitrogens with zero attached hydrogens (tertiary/aromatic N) is 2. The minimum atomic E-state index is -0.499. The average molecular weight is 266 g/mol. The van der Waals surface area contributed by atoms with Crippen LogP contribution in [0.5, 0.6) is 0 Å². The van der Waals surface area contributed by atoms with Crippen LogP contribution in [-0.2, 0) is 16.1 Å². The molecule has 1 fully saturated rings. The van der Waals surface area contributed by atoms with E-state index in [1.807, 2.05) is 20.0 Å². The Bertz CT molecular complexity index is 424. The molecule has 19 heavy (non-hydrogen) atoms. The zero-order valence-corrected chi connectivity index (χ0v) is 11.5. The standard InChI is InChI=1S/C13H22N4O2/c1-9(2)12(14)13(18)16-10-6-15-17(7-10)8-11-4-3-5-19-11/h6-7,9,11-12H,3-5,8,14H2,1-2H3,(H,16,18)/t11?,12-/m0/s1. The highest BCUT2D eigenvalue weighted by Gasteiger charge is 2.19. The number of hydrogen-bond acceptors (Lipinski definition) is 4. The van der Waals surface area contributed by atoms with Gasteiger partial charge in [0, 0.05) is 12.8 Å². The molecule has 6 nitrogen and oxygen atoms in total. The van der Waals surface area contributed by atoms with Crippen LogP contribution in [0.25, 0.3) is 0 Å². The fourth-order valence-electron chi connectivity index (χ4n) is 2.05. The van der Waals surface area contributed by atoms with E-state index in [-0.39, 0.29) is 17.9 Å². The minimum absolute atomic E-state index is 0.113. The molecule has 0 bridgehead atoms. The molecule has 2 atom stereocenters. The van der Waals surface area contributed by atoms with Gasteiger partial charge in [-0.2, -0.15) is 5.10 Å². The van der Waals surface area contributed by atoms with E-state index in [1.165, 1.54) is 0 Å². The van der Waals surface area contributed by atoms with Crippen molar-refractivity contribution in [3.05, 3.63) is 12.4 Å². The third kappa shape index (κ3) is 3.78. The normalized spacial score (nSPS) is 20.7. The molecule has 2 heterocycles. The summed E-state index contributed by atoms with van der Waals surface area (Å²) in [5, 5.41) is 7.00. The number of carbonyl (C=O) groups is 1. The van der Waals surface area contributed by atoms with Crippen molar-refractivity contribution in [2.24, 2.45) is 11.7 Å². The molecule has 3 N–H and O–H groups in total. The minimum Gasteiger partial charge on any atom is -0.376 e. The fraction of sp³-hybridized carbons (Fsp3) is 0.692. The summed E-state index contributed by atoms with van der Waals surface area (Å²) in [5.41, 5.74) is 6.47. The molecule has 0 saturated carbocycles. The molecular weight excluding hydrogens is 244 g/mol. The van der Waals surface area contributed by atoms with Crippen LogP contribution >= 0.6 is 0 Å². The predicted octanol–water partition coefficient (Wildman–Crippen LogP) is 0.984. The van der Waals surface area contributed by atoms with E-state index in [0.29, 0.717) is 5.69 Å². The molecule has 1 unspecified atom stereocenters. The summed E-state index contributed by atoms with van der Waals surface area (Å²) in [6, 6.07) is -0.499. The average Bonchev–Trinajstić information content (AvgIpc) is 3.00. The van der Waals surface area contributed by atoms with Crippen molar-refractivity contribution in [1.29, 1.82) is 0 Å². The maximum absolute atomic E-state index is 11.8. The number of ether oxygens (including phenoxy) is 1. The largest absolute Gasteiger partial charge is 0.376 e. The van der Waals surface area contributed by atoms with Gasteiger partial charge in [0.15, 0.2) is 0 Å². The molecule has 1 saturated heterocycles. The highest BCUT2D eigenvalue weighted by Crippen LogP contribution is 2.15. The number of amides is 1. The van der Waals surface area contributed by atoms with Crippen LogP contribution in [0.1, 0.15) is 26.7 Å². The van der Waals surface area contributed by atoms with Crippen molar-refractivity contribution in [2.45, 2.75) is 45.4 Å². The maximum atomic E-state index is 11.8. The number of carbonyl (C=O) groups excluding carboxylic acids is 1. The van der Waals surface area contributed by atoms with Crippen molar-refractivity contribution < 1.29 is 9.53 Å². The van der Waals surface area contributed by atoms with Crippen molar-refractivity contribution in [3.63, 3.8) is 0 Å². The Morgan fingerprint density at radius 2 is 2.47 bits per heavy atom. The summed E-state index contributed by atoms with van der Waals surface area (Å²) in [6.07, 6.45) is 5.87. The lowest BCUT2D eigenvalue weighted by atomic mass is 10.1. The second-order valence-electron chi connectivity index (χ2n) is 5.35. The molecule has 0 spiro atoms. The quantitative estimate of drug-likeness (QED) is 0.832. The number of hydrogen-bond donors (Lipinski definition) is 2. The lowest BCUT2D eigenvalue weighted by Gasteiger charge is -2.14. The monoisotopic (exact) mass is 266 g/mol. The molecule has 0 aromatic carbocycles.